The van der Waals surface area contributed by atoms with Crippen molar-refractivity contribution in [3.05, 3.63) is 34.2 Å². The molecule has 180 valence electrons. The zero-order chi connectivity index (χ0) is 22.3. The Morgan fingerprint density at radius 2 is 2.09 bits per heavy atom. The fourth-order valence-corrected chi connectivity index (χ4v) is 6.19. The Hall–Kier alpha value is -1.75. The molecule has 1 amide bonds. The topological polar surface area (TPSA) is 102 Å². The highest BCUT2D eigenvalue weighted by Gasteiger charge is 2.55. The number of carbonyl (C=O) groups excluding carboxylic acids is 2. The van der Waals surface area contributed by atoms with Crippen LogP contribution in [-0.2, 0) is 26.3 Å². The minimum atomic E-state index is -1.55. The zero-order valence-corrected chi connectivity index (χ0v) is 21.1. The first kappa shape index (κ1) is 24.4. The first-order valence-electron chi connectivity index (χ1n) is 11.5. The van der Waals surface area contributed by atoms with E-state index in [1.165, 1.54) is 11.3 Å². The molecule has 3 saturated heterocycles. The summed E-state index contributed by atoms with van der Waals surface area (Å²) in [6.45, 7) is 4.67. The standard InChI is InChI=1S/C23H29N3O5S.BrH/c1-2-17-12-20(25-31-17)24-21(27)14-26-9-7-15(8-10-26)18(13-26)30-22(28)23(29,16-5-6-16)19-4-3-11-32-19;/h3-4,11-12,15-16,18,29H,2,5-10,13-14H2,1H3;1H/t15?,18-,23?,26?;/m0./s1. The average Bonchev–Trinajstić information content (AvgIpc) is 3.30. The number of carbonyl (C=O) groups is 2. The predicted octanol–water partition coefficient (Wildman–Crippen LogP) is -0.309. The lowest BCUT2D eigenvalue weighted by Crippen LogP contribution is -3.00. The number of nitrogens with one attached hydrogen (secondary N) is 1. The van der Waals surface area contributed by atoms with Crippen molar-refractivity contribution in [2.45, 2.75) is 50.7 Å². The molecule has 2 aromatic heterocycles. The minimum absolute atomic E-state index is 0. The number of piperidine rings is 3. The van der Waals surface area contributed by atoms with Crippen LogP contribution in [0.2, 0.25) is 0 Å². The Morgan fingerprint density at radius 3 is 2.70 bits per heavy atom. The van der Waals surface area contributed by atoms with Crippen molar-refractivity contribution in [3.63, 3.8) is 0 Å². The monoisotopic (exact) mass is 539 g/mol. The number of hydrogen-bond donors (Lipinski definition) is 2. The van der Waals surface area contributed by atoms with E-state index >= 15 is 0 Å². The Labute approximate surface area is 207 Å². The van der Waals surface area contributed by atoms with E-state index in [1.807, 2.05) is 24.4 Å². The molecule has 10 heteroatoms. The summed E-state index contributed by atoms with van der Waals surface area (Å²) in [7, 11) is 0. The van der Waals surface area contributed by atoms with E-state index in [-0.39, 0.29) is 40.8 Å². The molecule has 2 bridgehead atoms. The molecule has 3 aliphatic heterocycles. The van der Waals surface area contributed by atoms with E-state index in [9.17, 15) is 14.7 Å². The molecule has 4 aliphatic rings. The number of aromatic nitrogens is 1. The van der Waals surface area contributed by atoms with Crippen LogP contribution in [0.15, 0.2) is 28.1 Å². The van der Waals surface area contributed by atoms with Crippen molar-refractivity contribution in [1.82, 2.24) is 5.16 Å². The molecule has 0 radical (unpaired) electrons. The number of hydrogen-bond acceptors (Lipinski definition) is 7. The van der Waals surface area contributed by atoms with Gasteiger partial charge in [-0.05, 0) is 24.3 Å². The highest BCUT2D eigenvalue weighted by Crippen LogP contribution is 2.48. The maximum absolute atomic E-state index is 13.2. The summed E-state index contributed by atoms with van der Waals surface area (Å²) in [5.41, 5.74) is -1.55. The van der Waals surface area contributed by atoms with Crippen molar-refractivity contribution in [2.75, 3.05) is 31.5 Å². The van der Waals surface area contributed by atoms with Gasteiger partial charge in [-0.2, -0.15) is 0 Å². The zero-order valence-electron chi connectivity index (χ0n) is 18.7. The number of rotatable bonds is 8. The number of aryl methyl sites for hydroxylation is 1. The highest BCUT2D eigenvalue weighted by atomic mass is 79.9. The summed E-state index contributed by atoms with van der Waals surface area (Å²) in [6, 6.07) is 5.41. The molecule has 2 N–H and O–H groups in total. The molecule has 4 fully saturated rings. The molecule has 1 aliphatic carbocycles. The van der Waals surface area contributed by atoms with Crippen molar-refractivity contribution in [3.8, 4) is 0 Å². The van der Waals surface area contributed by atoms with E-state index in [0.29, 0.717) is 28.3 Å². The maximum Gasteiger partial charge on any atom is 0.344 e. The van der Waals surface area contributed by atoms with Crippen LogP contribution in [0, 0.1) is 11.8 Å². The summed E-state index contributed by atoms with van der Waals surface area (Å²) in [5.74, 6) is 0.742. The second-order valence-corrected chi connectivity index (χ2v) is 10.5. The van der Waals surface area contributed by atoms with Gasteiger partial charge in [0.05, 0.1) is 13.1 Å². The van der Waals surface area contributed by atoms with Crippen LogP contribution in [0.3, 0.4) is 0 Å². The number of fused-ring (bicyclic) bond motifs is 3. The first-order chi connectivity index (χ1) is 15.4. The number of amides is 1. The van der Waals surface area contributed by atoms with E-state index in [1.54, 1.807) is 6.07 Å². The summed E-state index contributed by atoms with van der Waals surface area (Å²) in [4.78, 5) is 26.6. The van der Waals surface area contributed by atoms with Crippen LogP contribution in [0.25, 0.3) is 0 Å². The lowest BCUT2D eigenvalue weighted by Gasteiger charge is -2.51. The fraction of sp³-hybridized carbons (Fsp3) is 0.609. The molecule has 0 aromatic carbocycles. The van der Waals surface area contributed by atoms with Crippen molar-refractivity contribution >= 4 is 29.0 Å². The smallest absolute Gasteiger partial charge is 0.344 e. The van der Waals surface area contributed by atoms with Gasteiger partial charge in [0.25, 0.3) is 5.91 Å². The summed E-state index contributed by atoms with van der Waals surface area (Å²) < 4.78 is 11.8. The number of halogens is 1. The lowest BCUT2D eigenvalue weighted by atomic mass is 9.83. The summed E-state index contributed by atoms with van der Waals surface area (Å²) in [5, 5.41) is 19.9. The highest BCUT2D eigenvalue weighted by molar-refractivity contribution is 7.10. The van der Waals surface area contributed by atoms with Crippen molar-refractivity contribution < 1.29 is 45.4 Å². The molecule has 1 saturated carbocycles. The Bertz CT molecular complexity index is 984. The van der Waals surface area contributed by atoms with Crippen LogP contribution in [-0.4, -0.2) is 58.9 Å². The van der Waals surface area contributed by atoms with Crippen molar-refractivity contribution in [2.24, 2.45) is 11.8 Å². The molecular formula is C23H30BrN3O5S. The number of esters is 1. The van der Waals surface area contributed by atoms with Crippen LogP contribution in [0.1, 0.15) is 43.2 Å². The van der Waals surface area contributed by atoms with Gasteiger partial charge in [-0.25, -0.2) is 4.79 Å². The van der Waals surface area contributed by atoms with Crippen LogP contribution in [0.4, 0.5) is 5.82 Å². The van der Waals surface area contributed by atoms with Gasteiger partial charge in [0, 0.05) is 42.0 Å². The Morgan fingerprint density at radius 1 is 1.33 bits per heavy atom. The molecular weight excluding hydrogens is 510 g/mol. The second kappa shape index (κ2) is 9.48. The predicted molar refractivity (Wildman–Crippen MR) is 118 cm³/mol. The number of aliphatic hydroxyl groups is 1. The number of ether oxygens (including phenoxy) is 1. The van der Waals surface area contributed by atoms with E-state index < -0.39 is 11.6 Å². The van der Waals surface area contributed by atoms with Gasteiger partial charge in [0.2, 0.25) is 0 Å². The third-order valence-electron chi connectivity index (χ3n) is 7.33. The second-order valence-electron chi connectivity index (χ2n) is 9.51. The van der Waals surface area contributed by atoms with E-state index in [4.69, 9.17) is 9.26 Å². The number of nitrogens with zero attached hydrogens (tertiary/aromatic N) is 2. The van der Waals surface area contributed by atoms with Crippen LogP contribution >= 0.6 is 11.3 Å². The molecule has 8 nitrogen and oxygen atoms in total. The van der Waals surface area contributed by atoms with Crippen LogP contribution < -0.4 is 22.3 Å². The van der Waals surface area contributed by atoms with Gasteiger partial charge in [0.1, 0.15) is 12.3 Å². The fourth-order valence-electron chi connectivity index (χ4n) is 5.29. The number of anilines is 1. The molecule has 5 heterocycles. The van der Waals surface area contributed by atoms with E-state index in [0.717, 1.165) is 51.0 Å². The van der Waals surface area contributed by atoms with Gasteiger partial charge < -0.3 is 41.1 Å². The largest absolute Gasteiger partial charge is 1.00 e. The van der Waals surface area contributed by atoms with Gasteiger partial charge in [-0.15, -0.1) is 11.3 Å². The normalized spacial score (nSPS) is 27.9. The lowest BCUT2D eigenvalue weighted by molar-refractivity contribution is -0.939. The van der Waals surface area contributed by atoms with Crippen molar-refractivity contribution in [1.29, 1.82) is 0 Å². The van der Waals surface area contributed by atoms with E-state index in [2.05, 4.69) is 10.5 Å². The molecule has 2 atom stereocenters. The first-order valence-corrected chi connectivity index (χ1v) is 12.4. The molecule has 2 aromatic rings. The third kappa shape index (κ3) is 4.76. The SMILES string of the molecule is CCc1cc(NC(=O)C[N+]23CCC(CC2)[C@@H](OC(=O)C(O)(c2cccs2)C2CC2)C3)no1.[Br-]. The third-order valence-corrected chi connectivity index (χ3v) is 8.32. The van der Waals surface area contributed by atoms with Gasteiger partial charge >= 0.3 is 5.97 Å². The summed E-state index contributed by atoms with van der Waals surface area (Å²) >= 11 is 1.39. The molecule has 1 unspecified atom stereocenters. The average molecular weight is 540 g/mol. The molecule has 33 heavy (non-hydrogen) atoms. The Balaban J connectivity index is 0.00000259. The number of quaternary nitrogens is 1. The van der Waals surface area contributed by atoms with Gasteiger partial charge in [-0.1, -0.05) is 18.1 Å². The van der Waals surface area contributed by atoms with Crippen LogP contribution in [0.5, 0.6) is 0 Å². The van der Waals surface area contributed by atoms with Gasteiger partial charge in [0.15, 0.2) is 24.1 Å². The number of thiophene rings is 1. The quantitative estimate of drug-likeness (QED) is 0.352. The molecule has 6 rings (SSSR count). The van der Waals surface area contributed by atoms with Gasteiger partial charge in [-0.3, -0.25) is 4.79 Å². The minimum Gasteiger partial charge on any atom is -1.00 e. The molecule has 0 spiro atoms. The Kier molecular flexibility index (Phi) is 7.00. The summed E-state index contributed by atoms with van der Waals surface area (Å²) in [6.07, 6.45) is 3.93. The maximum atomic E-state index is 13.2.